The van der Waals surface area contributed by atoms with E-state index in [-0.39, 0.29) is 5.88 Å². The van der Waals surface area contributed by atoms with Gasteiger partial charge in [0, 0.05) is 5.56 Å². The molecule has 0 fully saturated rings. The van der Waals surface area contributed by atoms with Crippen LogP contribution in [0.5, 0.6) is 5.75 Å². The molecule has 96 valence electrons. The lowest BCUT2D eigenvalue weighted by molar-refractivity contribution is 0.415. The number of aromatic nitrogens is 1. The Balaban J connectivity index is 2.11. The molecule has 5 heteroatoms. The molecule has 0 amide bonds. The summed E-state index contributed by atoms with van der Waals surface area (Å²) >= 11 is 0. The number of furan rings is 1. The van der Waals surface area contributed by atoms with Crippen molar-refractivity contribution in [3.05, 3.63) is 42.9 Å². The lowest BCUT2D eigenvalue weighted by atomic mass is 10.0. The Morgan fingerprint density at radius 2 is 1.89 bits per heavy atom. The Morgan fingerprint density at radius 3 is 2.53 bits per heavy atom. The van der Waals surface area contributed by atoms with Gasteiger partial charge >= 0.3 is 0 Å². The Kier molecular flexibility index (Phi) is 2.72. The summed E-state index contributed by atoms with van der Waals surface area (Å²) < 4.78 is 15.3. The molecule has 0 atom stereocenters. The summed E-state index contributed by atoms with van der Waals surface area (Å²) in [6, 6.07) is 9.35. The van der Waals surface area contributed by atoms with Crippen molar-refractivity contribution in [1.29, 1.82) is 0 Å². The minimum absolute atomic E-state index is 0.279. The maximum Gasteiger partial charge on any atom is 0.230 e. The van der Waals surface area contributed by atoms with Crippen LogP contribution in [0.1, 0.15) is 0 Å². The molecule has 2 N–H and O–H groups in total. The third kappa shape index (κ3) is 1.95. The molecule has 19 heavy (non-hydrogen) atoms. The summed E-state index contributed by atoms with van der Waals surface area (Å²) in [5.74, 6) is 1.06. The quantitative estimate of drug-likeness (QED) is 0.778. The van der Waals surface area contributed by atoms with E-state index in [0.29, 0.717) is 5.69 Å². The van der Waals surface area contributed by atoms with Gasteiger partial charge in [-0.05, 0) is 23.8 Å². The van der Waals surface area contributed by atoms with Crippen LogP contribution in [-0.4, -0.2) is 12.3 Å². The fourth-order valence-electron chi connectivity index (χ4n) is 1.94. The summed E-state index contributed by atoms with van der Waals surface area (Å²) in [6.45, 7) is 0. The predicted molar refractivity (Wildman–Crippen MR) is 70.6 cm³/mol. The van der Waals surface area contributed by atoms with Gasteiger partial charge in [-0.2, -0.15) is 0 Å². The predicted octanol–water partition coefficient (Wildman–Crippen LogP) is 3.19. The Hall–Kier alpha value is -2.69. The Labute approximate surface area is 109 Å². The standard InChI is InChI=1S/C14H12N2O3/c1-17-11-4-2-9(3-5-11)12-13(16-19-14(12)15)10-6-7-18-8-10/h2-8H,15H2,1H3. The van der Waals surface area contributed by atoms with Gasteiger partial charge in [-0.3, -0.25) is 0 Å². The van der Waals surface area contributed by atoms with Crippen molar-refractivity contribution >= 4 is 5.88 Å². The lowest BCUT2D eigenvalue weighted by Gasteiger charge is -2.03. The van der Waals surface area contributed by atoms with Gasteiger partial charge < -0.3 is 19.4 Å². The summed E-state index contributed by atoms with van der Waals surface area (Å²) in [5.41, 5.74) is 9.01. The number of hydrogen-bond acceptors (Lipinski definition) is 5. The number of anilines is 1. The highest BCUT2D eigenvalue weighted by Gasteiger charge is 2.18. The van der Waals surface area contributed by atoms with E-state index in [9.17, 15) is 0 Å². The van der Waals surface area contributed by atoms with E-state index < -0.39 is 0 Å². The molecule has 3 aromatic rings. The van der Waals surface area contributed by atoms with Crippen LogP contribution in [0.25, 0.3) is 22.4 Å². The molecule has 0 saturated carbocycles. The van der Waals surface area contributed by atoms with Gasteiger partial charge in [-0.15, -0.1) is 0 Å². The summed E-state index contributed by atoms with van der Waals surface area (Å²) in [4.78, 5) is 0. The monoisotopic (exact) mass is 256 g/mol. The lowest BCUT2D eigenvalue weighted by Crippen LogP contribution is -1.88. The number of nitrogens with zero attached hydrogens (tertiary/aromatic N) is 1. The Bertz CT molecular complexity index is 669. The molecule has 0 unspecified atom stereocenters. The summed E-state index contributed by atoms with van der Waals surface area (Å²) in [7, 11) is 1.62. The van der Waals surface area contributed by atoms with E-state index in [0.717, 1.165) is 22.4 Å². The van der Waals surface area contributed by atoms with E-state index in [1.54, 1.807) is 19.6 Å². The molecule has 0 aliphatic carbocycles. The van der Waals surface area contributed by atoms with E-state index >= 15 is 0 Å². The second-order valence-electron chi connectivity index (χ2n) is 4.01. The zero-order valence-corrected chi connectivity index (χ0v) is 10.3. The zero-order chi connectivity index (χ0) is 13.2. The highest BCUT2D eigenvalue weighted by Crippen LogP contribution is 2.36. The van der Waals surface area contributed by atoms with E-state index in [4.69, 9.17) is 19.4 Å². The average Bonchev–Trinajstić information content (AvgIpc) is 3.08. The largest absolute Gasteiger partial charge is 0.497 e. The normalized spacial score (nSPS) is 10.6. The molecule has 2 aromatic heterocycles. The van der Waals surface area contributed by atoms with Crippen LogP contribution >= 0.6 is 0 Å². The van der Waals surface area contributed by atoms with Gasteiger partial charge in [-0.1, -0.05) is 17.3 Å². The fraction of sp³-hybridized carbons (Fsp3) is 0.0714. The molecule has 0 aliphatic heterocycles. The van der Waals surface area contributed by atoms with E-state index in [1.807, 2.05) is 30.3 Å². The second-order valence-corrected chi connectivity index (χ2v) is 4.01. The summed E-state index contributed by atoms with van der Waals surface area (Å²) in [5, 5.41) is 3.99. The minimum atomic E-state index is 0.279. The van der Waals surface area contributed by atoms with Gasteiger partial charge in [0.05, 0.1) is 25.2 Å². The topological polar surface area (TPSA) is 74.4 Å². The van der Waals surface area contributed by atoms with Crippen molar-refractivity contribution in [2.24, 2.45) is 0 Å². The highest BCUT2D eigenvalue weighted by molar-refractivity contribution is 5.86. The van der Waals surface area contributed by atoms with Crippen molar-refractivity contribution in [2.75, 3.05) is 12.8 Å². The molecule has 0 bridgehead atoms. The van der Waals surface area contributed by atoms with Crippen LogP contribution in [0.2, 0.25) is 0 Å². The first-order valence-electron chi connectivity index (χ1n) is 5.71. The Morgan fingerprint density at radius 1 is 1.11 bits per heavy atom. The smallest absolute Gasteiger partial charge is 0.230 e. The molecule has 0 aliphatic rings. The zero-order valence-electron chi connectivity index (χ0n) is 10.3. The summed E-state index contributed by atoms with van der Waals surface area (Å²) in [6.07, 6.45) is 3.18. The van der Waals surface area contributed by atoms with Crippen molar-refractivity contribution < 1.29 is 13.7 Å². The van der Waals surface area contributed by atoms with Crippen molar-refractivity contribution in [3.8, 4) is 28.1 Å². The third-order valence-corrected chi connectivity index (χ3v) is 2.89. The molecule has 1 aromatic carbocycles. The number of nitrogen functional groups attached to an aromatic ring is 1. The first-order valence-corrected chi connectivity index (χ1v) is 5.71. The highest BCUT2D eigenvalue weighted by atomic mass is 16.5. The van der Waals surface area contributed by atoms with Crippen molar-refractivity contribution in [2.45, 2.75) is 0 Å². The number of hydrogen-bond donors (Lipinski definition) is 1. The van der Waals surface area contributed by atoms with Crippen molar-refractivity contribution in [1.82, 2.24) is 5.16 Å². The molecule has 3 rings (SSSR count). The third-order valence-electron chi connectivity index (χ3n) is 2.89. The maximum atomic E-state index is 5.86. The van der Waals surface area contributed by atoms with Crippen LogP contribution in [0, 0.1) is 0 Å². The first-order chi connectivity index (χ1) is 9.29. The van der Waals surface area contributed by atoms with Gasteiger partial charge in [0.25, 0.3) is 0 Å². The number of rotatable bonds is 3. The number of nitrogens with two attached hydrogens (primary N) is 1. The number of methoxy groups -OCH3 is 1. The van der Waals surface area contributed by atoms with E-state index in [1.165, 1.54) is 0 Å². The number of ether oxygens (including phenoxy) is 1. The van der Waals surface area contributed by atoms with Crippen LogP contribution in [0.3, 0.4) is 0 Å². The first kappa shape index (κ1) is 11.4. The molecule has 0 spiro atoms. The van der Waals surface area contributed by atoms with Gasteiger partial charge in [-0.25, -0.2) is 0 Å². The van der Waals surface area contributed by atoms with E-state index in [2.05, 4.69) is 5.16 Å². The van der Waals surface area contributed by atoms with Crippen LogP contribution < -0.4 is 10.5 Å². The molecular formula is C14H12N2O3. The van der Waals surface area contributed by atoms with Gasteiger partial charge in [0.15, 0.2) is 0 Å². The average molecular weight is 256 g/mol. The SMILES string of the molecule is COc1ccc(-c2c(-c3ccoc3)noc2N)cc1. The van der Waals surface area contributed by atoms with Crippen LogP contribution in [0.4, 0.5) is 5.88 Å². The van der Waals surface area contributed by atoms with Gasteiger partial charge in [0.2, 0.25) is 5.88 Å². The molecule has 5 nitrogen and oxygen atoms in total. The minimum Gasteiger partial charge on any atom is -0.497 e. The second kappa shape index (κ2) is 4.53. The van der Waals surface area contributed by atoms with Crippen LogP contribution in [-0.2, 0) is 0 Å². The van der Waals surface area contributed by atoms with Crippen LogP contribution in [0.15, 0.2) is 51.8 Å². The fourth-order valence-corrected chi connectivity index (χ4v) is 1.94. The maximum absolute atomic E-state index is 5.86. The van der Waals surface area contributed by atoms with Gasteiger partial charge in [0.1, 0.15) is 11.4 Å². The molecule has 0 radical (unpaired) electrons. The molecule has 2 heterocycles. The number of benzene rings is 1. The van der Waals surface area contributed by atoms with Crippen molar-refractivity contribution in [3.63, 3.8) is 0 Å². The molecular weight excluding hydrogens is 244 g/mol. The molecule has 0 saturated heterocycles.